The smallest absolute Gasteiger partial charge is 0.280 e. The molecule has 1 amide bonds. The van der Waals surface area contributed by atoms with Crippen LogP contribution in [0.15, 0.2) is 55.0 Å². The van der Waals surface area contributed by atoms with Crippen LogP contribution in [0.2, 0.25) is 0 Å². The van der Waals surface area contributed by atoms with Gasteiger partial charge in [-0.05, 0) is 31.0 Å². The number of para-hydroxylation sites is 1. The highest BCUT2D eigenvalue weighted by Crippen LogP contribution is 2.44. The molecule has 2 aromatic heterocycles. The topological polar surface area (TPSA) is 91.1 Å². The molecule has 150 valence electrons. The number of aromatic nitrogens is 2. The number of carbonyl (C=O) groups excluding carboxylic acids is 1. The zero-order valence-corrected chi connectivity index (χ0v) is 16.9. The predicted molar refractivity (Wildman–Crippen MR) is 112 cm³/mol. The number of likely N-dealkylation sites (tertiary alicyclic amines) is 1. The van der Waals surface area contributed by atoms with Crippen LogP contribution in [0.1, 0.15) is 22.6 Å². The van der Waals surface area contributed by atoms with Crippen molar-refractivity contribution >= 4 is 17.2 Å². The Morgan fingerprint density at radius 1 is 1.30 bits per heavy atom. The van der Waals surface area contributed by atoms with E-state index in [9.17, 15) is 10.1 Å². The number of benzene rings is 1. The van der Waals surface area contributed by atoms with Gasteiger partial charge in [-0.25, -0.2) is 4.98 Å². The second-order valence-corrected chi connectivity index (χ2v) is 8.67. The Hall–Kier alpha value is -3.44. The van der Waals surface area contributed by atoms with Crippen LogP contribution in [0.4, 0.5) is 0 Å². The second-order valence-electron chi connectivity index (χ2n) is 7.64. The van der Waals surface area contributed by atoms with Gasteiger partial charge in [-0.2, -0.15) is 5.26 Å². The summed E-state index contributed by atoms with van der Waals surface area (Å²) < 4.78 is 5.98. The number of rotatable bonds is 5. The van der Waals surface area contributed by atoms with E-state index in [4.69, 9.17) is 4.74 Å². The summed E-state index contributed by atoms with van der Waals surface area (Å²) in [6.07, 6.45) is 9.19. The third-order valence-electron chi connectivity index (χ3n) is 5.86. The summed E-state index contributed by atoms with van der Waals surface area (Å²) in [6.45, 7) is 1.30. The summed E-state index contributed by atoms with van der Waals surface area (Å²) in [7, 11) is 0. The van der Waals surface area contributed by atoms with E-state index < -0.39 is 0 Å². The number of carbonyl (C=O) groups is 1. The van der Waals surface area contributed by atoms with Crippen molar-refractivity contribution in [3.05, 3.63) is 60.0 Å². The number of fused-ring (bicyclic) bond motifs is 1. The fourth-order valence-corrected chi connectivity index (χ4v) is 5.03. The first-order chi connectivity index (χ1) is 14.7. The van der Waals surface area contributed by atoms with E-state index in [0.717, 1.165) is 29.8 Å². The van der Waals surface area contributed by atoms with Crippen molar-refractivity contribution < 1.29 is 9.53 Å². The number of amides is 1. The molecule has 1 unspecified atom stereocenters. The van der Waals surface area contributed by atoms with Gasteiger partial charge in [-0.3, -0.25) is 9.78 Å². The van der Waals surface area contributed by atoms with E-state index in [-0.39, 0.29) is 11.4 Å². The molecule has 0 bridgehead atoms. The van der Waals surface area contributed by atoms with Crippen LogP contribution < -0.4 is 10.1 Å². The van der Waals surface area contributed by atoms with Crippen LogP contribution in [0, 0.1) is 17.4 Å². The van der Waals surface area contributed by atoms with Crippen LogP contribution >= 0.6 is 11.3 Å². The lowest BCUT2D eigenvalue weighted by atomic mass is 9.69. The average molecular weight is 417 g/mol. The molecule has 2 aliphatic rings. The Balaban J connectivity index is 1.35. The highest BCUT2D eigenvalue weighted by atomic mass is 32.1. The Bertz CT molecular complexity index is 1130. The number of pyridine rings is 1. The van der Waals surface area contributed by atoms with E-state index in [1.807, 2.05) is 36.4 Å². The maximum Gasteiger partial charge on any atom is 0.280 e. The molecular formula is C22H19N5O2S. The third-order valence-corrected chi connectivity index (χ3v) is 6.89. The van der Waals surface area contributed by atoms with Gasteiger partial charge < -0.3 is 15.0 Å². The van der Waals surface area contributed by atoms with Crippen molar-refractivity contribution in [2.45, 2.75) is 18.4 Å². The van der Waals surface area contributed by atoms with Crippen LogP contribution in [0.25, 0.3) is 10.4 Å². The third kappa shape index (κ3) is 3.27. The first kappa shape index (κ1) is 18.6. The van der Waals surface area contributed by atoms with Gasteiger partial charge in [0, 0.05) is 30.4 Å². The Kier molecular flexibility index (Phi) is 4.60. The zero-order valence-electron chi connectivity index (χ0n) is 16.1. The largest absolute Gasteiger partial charge is 0.455 e. The number of nitriles is 1. The van der Waals surface area contributed by atoms with Crippen molar-refractivity contribution in [2.24, 2.45) is 5.92 Å². The van der Waals surface area contributed by atoms with Gasteiger partial charge in [0.15, 0.2) is 17.0 Å². The highest BCUT2D eigenvalue weighted by molar-refractivity contribution is 7.17. The first-order valence-electron chi connectivity index (χ1n) is 9.77. The van der Waals surface area contributed by atoms with Crippen LogP contribution in [-0.2, 0) is 0 Å². The lowest BCUT2D eigenvalue weighted by molar-refractivity contribution is 0.0762. The van der Waals surface area contributed by atoms with Crippen molar-refractivity contribution in [3.63, 3.8) is 0 Å². The quantitative estimate of drug-likeness (QED) is 0.637. The molecule has 0 radical (unpaired) electrons. The van der Waals surface area contributed by atoms with E-state index in [2.05, 4.69) is 21.5 Å². The van der Waals surface area contributed by atoms with Crippen molar-refractivity contribution in [2.75, 3.05) is 13.1 Å². The minimum absolute atomic E-state index is 0.185. The molecule has 2 fully saturated rings. The van der Waals surface area contributed by atoms with E-state index in [1.54, 1.807) is 23.5 Å². The van der Waals surface area contributed by atoms with Gasteiger partial charge in [0.1, 0.15) is 5.75 Å². The maximum absolute atomic E-state index is 12.9. The van der Waals surface area contributed by atoms with Crippen LogP contribution in [0.5, 0.6) is 11.5 Å². The normalized spacial score (nSPS) is 22.0. The molecule has 8 heteroatoms. The molecule has 5 rings (SSSR count). The van der Waals surface area contributed by atoms with E-state index in [1.165, 1.54) is 11.3 Å². The van der Waals surface area contributed by atoms with Crippen LogP contribution in [-0.4, -0.2) is 39.4 Å². The molecule has 1 aromatic carbocycles. The molecule has 0 spiro atoms. The molecule has 1 aliphatic heterocycles. The Morgan fingerprint density at radius 3 is 2.93 bits per heavy atom. The number of ether oxygens (including phenoxy) is 1. The summed E-state index contributed by atoms with van der Waals surface area (Å²) in [5, 5.41) is 12.8. The van der Waals surface area contributed by atoms with Crippen molar-refractivity contribution in [3.8, 4) is 28.1 Å². The molecule has 3 heterocycles. The number of thiazole rings is 1. The van der Waals surface area contributed by atoms with Gasteiger partial charge >= 0.3 is 0 Å². The maximum atomic E-state index is 12.9. The predicted octanol–water partition coefficient (Wildman–Crippen LogP) is 3.67. The number of nitrogens with one attached hydrogen (secondary N) is 1. The fraction of sp³-hybridized carbons (Fsp3) is 0.273. The lowest BCUT2D eigenvalue weighted by Gasteiger charge is -2.44. The summed E-state index contributed by atoms with van der Waals surface area (Å²) in [4.78, 5) is 24.0. The molecule has 1 saturated carbocycles. The molecule has 1 aliphatic carbocycles. The summed E-state index contributed by atoms with van der Waals surface area (Å²) in [5.41, 5.74) is 0.540. The molecule has 1 N–H and O–H groups in total. The van der Waals surface area contributed by atoms with Crippen molar-refractivity contribution in [1.29, 1.82) is 5.26 Å². The monoisotopic (exact) mass is 417 g/mol. The standard InChI is InChI=1S/C22H19N5O2S/c23-14-27-12-15-6-8-22(15,13-27)26-20(28)21-25-11-19(30-21)17-7-9-24-10-18(17)29-16-4-2-1-3-5-16/h1-5,7,9-11,15H,6,8,12-13H2,(H,26,28)/t15?,22-/m0/s1. The van der Waals surface area contributed by atoms with Gasteiger partial charge in [0.05, 0.1) is 23.2 Å². The van der Waals surface area contributed by atoms with Crippen molar-refractivity contribution in [1.82, 2.24) is 20.2 Å². The van der Waals surface area contributed by atoms with Gasteiger partial charge in [-0.1, -0.05) is 18.2 Å². The average Bonchev–Trinajstić information content (AvgIpc) is 3.34. The number of nitrogens with zero attached hydrogens (tertiary/aromatic N) is 4. The number of hydrogen-bond acceptors (Lipinski definition) is 7. The SMILES string of the molecule is N#CN1CC2CC[C@]2(NC(=O)c2ncc(-c3ccncc3Oc3ccccc3)s2)C1. The fourth-order valence-electron chi connectivity index (χ4n) is 4.19. The minimum Gasteiger partial charge on any atom is -0.455 e. The Morgan fingerprint density at radius 2 is 2.17 bits per heavy atom. The molecule has 30 heavy (non-hydrogen) atoms. The second kappa shape index (κ2) is 7.43. The van der Waals surface area contributed by atoms with E-state index >= 15 is 0 Å². The van der Waals surface area contributed by atoms with Gasteiger partial charge in [0.2, 0.25) is 0 Å². The minimum atomic E-state index is -0.295. The summed E-state index contributed by atoms with van der Waals surface area (Å²) >= 11 is 1.32. The molecule has 2 atom stereocenters. The molecule has 3 aromatic rings. The summed E-state index contributed by atoms with van der Waals surface area (Å²) in [6, 6.07) is 11.4. The Labute approximate surface area is 178 Å². The lowest BCUT2D eigenvalue weighted by Crippen LogP contribution is -2.60. The highest BCUT2D eigenvalue weighted by Gasteiger charge is 2.54. The van der Waals surface area contributed by atoms with Gasteiger partial charge in [-0.15, -0.1) is 11.3 Å². The van der Waals surface area contributed by atoms with Gasteiger partial charge in [0.25, 0.3) is 5.91 Å². The van der Waals surface area contributed by atoms with E-state index in [0.29, 0.717) is 29.0 Å². The zero-order chi connectivity index (χ0) is 20.6. The molecular weight excluding hydrogens is 398 g/mol. The first-order valence-corrected chi connectivity index (χ1v) is 10.6. The summed E-state index contributed by atoms with van der Waals surface area (Å²) in [5.74, 6) is 1.48. The molecule has 1 saturated heterocycles. The molecule has 7 nitrogen and oxygen atoms in total. The number of hydrogen-bond donors (Lipinski definition) is 1. The van der Waals surface area contributed by atoms with Crippen LogP contribution in [0.3, 0.4) is 0 Å².